The lowest BCUT2D eigenvalue weighted by molar-refractivity contribution is 0.459. The summed E-state index contributed by atoms with van der Waals surface area (Å²) in [4.78, 5) is 6.37. The number of aromatic nitrogens is 1. The Labute approximate surface area is 143 Å². The Morgan fingerprint density at radius 1 is 1.21 bits per heavy atom. The molecule has 1 N–H and O–H groups in total. The number of thiazole rings is 1. The van der Waals surface area contributed by atoms with E-state index in [9.17, 15) is 17.2 Å². The smallest absolute Gasteiger partial charge is 0.216 e. The molecule has 1 aromatic heterocycles. The predicted molar refractivity (Wildman–Crippen MR) is 89.5 cm³/mol. The molecule has 3 rings (SSSR count). The summed E-state index contributed by atoms with van der Waals surface area (Å²) in [6.45, 7) is 1.44. The van der Waals surface area contributed by atoms with Crippen LogP contribution in [0, 0.1) is 11.6 Å². The van der Waals surface area contributed by atoms with Gasteiger partial charge in [-0.05, 0) is 30.5 Å². The van der Waals surface area contributed by atoms with Gasteiger partial charge in [-0.15, -0.1) is 11.3 Å². The van der Waals surface area contributed by atoms with Gasteiger partial charge in [0.2, 0.25) is 10.0 Å². The maximum Gasteiger partial charge on any atom is 0.216 e. The van der Waals surface area contributed by atoms with E-state index in [2.05, 4.69) is 14.6 Å². The molecule has 24 heavy (non-hydrogen) atoms. The molecule has 2 heterocycles. The molecule has 9 heteroatoms. The molecular formula is C15H17F2N3O2S2. The van der Waals surface area contributed by atoms with Gasteiger partial charge in [-0.1, -0.05) is 0 Å². The lowest BCUT2D eigenvalue weighted by Gasteiger charge is -2.31. The van der Waals surface area contributed by atoms with Crippen molar-refractivity contribution in [1.29, 1.82) is 0 Å². The molecule has 1 fully saturated rings. The number of halogens is 2. The maximum absolute atomic E-state index is 13.2. The third kappa shape index (κ3) is 4.49. The molecule has 1 aliphatic heterocycles. The zero-order valence-electron chi connectivity index (χ0n) is 12.8. The Balaban J connectivity index is 1.57. The lowest BCUT2D eigenvalue weighted by atomic mass is 10.1. The van der Waals surface area contributed by atoms with Crippen LogP contribution in [0.25, 0.3) is 0 Å². The van der Waals surface area contributed by atoms with Gasteiger partial charge in [0.15, 0.2) is 5.13 Å². The first-order chi connectivity index (χ1) is 11.4. The van der Waals surface area contributed by atoms with Crippen LogP contribution in [0.4, 0.5) is 13.9 Å². The number of benzene rings is 1. The zero-order valence-corrected chi connectivity index (χ0v) is 14.4. The number of sulfonamides is 1. The minimum Gasteiger partial charge on any atom is -0.348 e. The van der Waals surface area contributed by atoms with E-state index in [4.69, 9.17) is 0 Å². The quantitative estimate of drug-likeness (QED) is 0.875. The highest BCUT2D eigenvalue weighted by molar-refractivity contribution is 7.88. The van der Waals surface area contributed by atoms with E-state index in [-0.39, 0.29) is 11.6 Å². The highest BCUT2D eigenvalue weighted by atomic mass is 32.2. The second-order valence-corrected chi connectivity index (χ2v) is 8.36. The van der Waals surface area contributed by atoms with E-state index in [1.165, 1.54) is 0 Å². The van der Waals surface area contributed by atoms with Gasteiger partial charge in [0, 0.05) is 36.8 Å². The summed E-state index contributed by atoms with van der Waals surface area (Å²) in [5.74, 6) is -2.00. The highest BCUT2D eigenvalue weighted by Crippen LogP contribution is 2.22. The summed E-state index contributed by atoms with van der Waals surface area (Å²) in [5, 5.41) is 2.84. The molecule has 0 unspecified atom stereocenters. The number of rotatable bonds is 5. The monoisotopic (exact) mass is 373 g/mol. The van der Waals surface area contributed by atoms with E-state index in [1.54, 1.807) is 17.5 Å². The topological polar surface area (TPSA) is 62.3 Å². The largest absolute Gasteiger partial charge is 0.348 e. The average Bonchev–Trinajstić information content (AvgIpc) is 3.00. The van der Waals surface area contributed by atoms with Crippen molar-refractivity contribution in [1.82, 2.24) is 9.71 Å². The molecule has 1 aliphatic rings. The highest BCUT2D eigenvalue weighted by Gasteiger charge is 2.24. The molecule has 0 aliphatic carbocycles. The number of piperidine rings is 1. The number of nitrogens with zero attached hydrogens (tertiary/aromatic N) is 2. The molecule has 0 atom stereocenters. The normalized spacial score (nSPS) is 16.5. The van der Waals surface area contributed by atoms with Gasteiger partial charge in [-0.2, -0.15) is 0 Å². The van der Waals surface area contributed by atoms with E-state index in [0.717, 1.165) is 36.4 Å². The minimum absolute atomic E-state index is 0.0974. The Morgan fingerprint density at radius 2 is 1.88 bits per heavy atom. The van der Waals surface area contributed by atoms with Crippen LogP contribution in [-0.4, -0.2) is 32.5 Å². The van der Waals surface area contributed by atoms with Crippen LogP contribution >= 0.6 is 11.3 Å². The first-order valence-electron chi connectivity index (χ1n) is 7.51. The van der Waals surface area contributed by atoms with Crippen LogP contribution in [0.2, 0.25) is 0 Å². The van der Waals surface area contributed by atoms with Gasteiger partial charge in [-0.3, -0.25) is 0 Å². The number of nitrogens with one attached hydrogen (secondary N) is 1. The number of hydrogen-bond donors (Lipinski definition) is 1. The number of anilines is 1. The van der Waals surface area contributed by atoms with Crippen molar-refractivity contribution in [2.75, 3.05) is 18.0 Å². The Kier molecular flexibility index (Phi) is 5.12. The second kappa shape index (κ2) is 7.12. The Hall–Kier alpha value is -1.58. The Morgan fingerprint density at radius 3 is 2.46 bits per heavy atom. The van der Waals surface area contributed by atoms with E-state index in [1.807, 2.05) is 5.38 Å². The molecule has 2 aromatic rings. The van der Waals surface area contributed by atoms with Gasteiger partial charge < -0.3 is 4.90 Å². The fourth-order valence-corrected chi connectivity index (χ4v) is 4.90. The zero-order chi connectivity index (χ0) is 17.2. The molecule has 0 bridgehead atoms. The van der Waals surface area contributed by atoms with Crippen molar-refractivity contribution in [3.05, 3.63) is 47.0 Å². The van der Waals surface area contributed by atoms with E-state index >= 15 is 0 Å². The van der Waals surface area contributed by atoms with Crippen molar-refractivity contribution in [2.45, 2.75) is 24.6 Å². The molecule has 130 valence electrons. The number of hydrogen-bond acceptors (Lipinski definition) is 5. The van der Waals surface area contributed by atoms with Crippen molar-refractivity contribution < 1.29 is 17.2 Å². The third-order valence-corrected chi connectivity index (χ3v) is 6.05. The molecule has 1 saturated heterocycles. The van der Waals surface area contributed by atoms with Crippen molar-refractivity contribution in [3.63, 3.8) is 0 Å². The van der Waals surface area contributed by atoms with Gasteiger partial charge in [0.05, 0.1) is 5.75 Å². The van der Waals surface area contributed by atoms with Gasteiger partial charge >= 0.3 is 0 Å². The molecule has 0 amide bonds. The van der Waals surface area contributed by atoms with Crippen LogP contribution in [0.5, 0.6) is 0 Å². The molecule has 0 saturated carbocycles. The van der Waals surface area contributed by atoms with Crippen molar-refractivity contribution >= 4 is 26.5 Å². The molecule has 0 spiro atoms. The van der Waals surface area contributed by atoms with Crippen molar-refractivity contribution in [3.8, 4) is 0 Å². The summed E-state index contributed by atoms with van der Waals surface area (Å²) in [7, 11) is -3.65. The van der Waals surface area contributed by atoms with Gasteiger partial charge in [-0.25, -0.2) is 26.9 Å². The Bertz CT molecular complexity index is 769. The van der Waals surface area contributed by atoms with Crippen molar-refractivity contribution in [2.24, 2.45) is 0 Å². The SMILES string of the molecule is O=S(=O)(Cc1cc(F)cc(F)c1)NC1CCN(c2nccs2)CC1. The fraction of sp³-hybridized carbons (Fsp3) is 0.400. The lowest BCUT2D eigenvalue weighted by Crippen LogP contribution is -2.45. The standard InChI is InChI=1S/C15H17F2N3O2S2/c16-12-7-11(8-13(17)9-12)10-24(21,22)19-14-1-4-20(5-2-14)15-18-3-6-23-15/h3,6-9,14,19H,1-2,4-5,10H2. The van der Waals surface area contributed by atoms with Gasteiger partial charge in [0.1, 0.15) is 11.6 Å². The van der Waals surface area contributed by atoms with Crippen LogP contribution < -0.4 is 9.62 Å². The summed E-state index contributed by atoms with van der Waals surface area (Å²) in [6, 6.07) is 2.61. The molecule has 5 nitrogen and oxygen atoms in total. The van der Waals surface area contributed by atoms with E-state index in [0.29, 0.717) is 12.8 Å². The average molecular weight is 373 g/mol. The van der Waals surface area contributed by atoms with E-state index < -0.39 is 27.4 Å². The first-order valence-corrected chi connectivity index (χ1v) is 10.0. The summed E-state index contributed by atoms with van der Waals surface area (Å²) in [5.41, 5.74) is 0.0974. The second-order valence-electron chi connectivity index (χ2n) is 5.73. The van der Waals surface area contributed by atoms with Crippen LogP contribution in [-0.2, 0) is 15.8 Å². The minimum atomic E-state index is -3.65. The fourth-order valence-electron chi connectivity index (χ4n) is 2.77. The summed E-state index contributed by atoms with van der Waals surface area (Å²) in [6.07, 6.45) is 3.07. The molecule has 0 radical (unpaired) electrons. The summed E-state index contributed by atoms with van der Waals surface area (Å²) >= 11 is 1.55. The third-order valence-electron chi connectivity index (χ3n) is 3.81. The predicted octanol–water partition coefficient (Wildman–Crippen LogP) is 2.51. The van der Waals surface area contributed by atoms with Gasteiger partial charge in [0.25, 0.3) is 0 Å². The maximum atomic E-state index is 13.2. The van der Waals surface area contributed by atoms with Crippen LogP contribution in [0.1, 0.15) is 18.4 Å². The van der Waals surface area contributed by atoms with Crippen LogP contribution in [0.15, 0.2) is 29.8 Å². The van der Waals surface area contributed by atoms with Crippen LogP contribution in [0.3, 0.4) is 0 Å². The summed E-state index contributed by atoms with van der Waals surface area (Å²) < 4.78 is 53.4. The molecule has 1 aromatic carbocycles. The molecular weight excluding hydrogens is 356 g/mol. The first kappa shape index (κ1) is 17.2.